The topological polar surface area (TPSA) is 26.3 Å². The Morgan fingerprint density at radius 2 is 1.76 bits per heavy atom. The second kappa shape index (κ2) is 4.74. The Labute approximate surface area is 96.1 Å². The van der Waals surface area contributed by atoms with E-state index >= 15 is 0 Å². The first kappa shape index (κ1) is 11.3. The Bertz CT molecular complexity index is 587. The van der Waals surface area contributed by atoms with E-state index in [0.717, 1.165) is 10.8 Å². The Balaban J connectivity index is 2.25. The van der Waals surface area contributed by atoms with Gasteiger partial charge in [0.2, 0.25) is 0 Å². The molecule has 0 N–H and O–H groups in total. The van der Waals surface area contributed by atoms with Crippen LogP contribution in [0, 0.1) is 0 Å². The summed E-state index contributed by atoms with van der Waals surface area (Å²) in [7, 11) is 0. The maximum atomic E-state index is 11.8. The molecular formula is C13H8F2O2. The summed E-state index contributed by atoms with van der Waals surface area (Å²) in [6, 6.07) is 12.4. The highest BCUT2D eigenvalue weighted by molar-refractivity contribution is 5.87. The number of carbonyl (C=O) groups is 1. The Morgan fingerprint density at radius 1 is 1.06 bits per heavy atom. The molecule has 0 atom stereocenters. The second-order valence-corrected chi connectivity index (χ2v) is 3.36. The number of carbonyl (C=O) groups excluding carboxylic acids is 1. The van der Waals surface area contributed by atoms with Crippen LogP contribution in [0.15, 0.2) is 54.6 Å². The van der Waals surface area contributed by atoms with E-state index in [1.807, 2.05) is 24.3 Å². The monoisotopic (exact) mass is 234 g/mol. The van der Waals surface area contributed by atoms with Gasteiger partial charge in [0.25, 0.3) is 6.08 Å². The summed E-state index contributed by atoms with van der Waals surface area (Å²) in [4.78, 5) is 11.0. The Morgan fingerprint density at radius 3 is 2.47 bits per heavy atom. The maximum Gasteiger partial charge on any atom is 0.341 e. The minimum Gasteiger partial charge on any atom is -0.423 e. The molecular weight excluding hydrogens is 226 g/mol. The molecule has 86 valence electrons. The number of fused-ring (bicyclic) bond motifs is 1. The number of hydrogen-bond donors (Lipinski definition) is 0. The van der Waals surface area contributed by atoms with Gasteiger partial charge >= 0.3 is 5.97 Å². The van der Waals surface area contributed by atoms with Gasteiger partial charge in [-0.15, -0.1) is 0 Å². The highest BCUT2D eigenvalue weighted by Crippen LogP contribution is 2.20. The number of esters is 1. The van der Waals surface area contributed by atoms with Crippen LogP contribution in [0.1, 0.15) is 0 Å². The normalized spacial score (nSPS) is 10.0. The van der Waals surface area contributed by atoms with Crippen molar-refractivity contribution in [3.05, 3.63) is 54.6 Å². The molecule has 0 aliphatic carbocycles. The van der Waals surface area contributed by atoms with E-state index in [2.05, 4.69) is 0 Å². The third kappa shape index (κ3) is 2.87. The van der Waals surface area contributed by atoms with Crippen molar-refractivity contribution in [3.8, 4) is 5.75 Å². The van der Waals surface area contributed by atoms with Gasteiger partial charge in [0, 0.05) is 0 Å². The molecule has 0 saturated heterocycles. The third-order valence-electron chi connectivity index (χ3n) is 2.17. The molecule has 2 nitrogen and oxygen atoms in total. The van der Waals surface area contributed by atoms with Crippen LogP contribution in [0.3, 0.4) is 0 Å². The summed E-state index contributed by atoms with van der Waals surface area (Å²) >= 11 is 0. The molecule has 0 saturated carbocycles. The number of rotatable bonds is 2. The van der Waals surface area contributed by atoms with Crippen LogP contribution in [-0.2, 0) is 4.79 Å². The van der Waals surface area contributed by atoms with E-state index in [1.54, 1.807) is 18.2 Å². The summed E-state index contributed by atoms with van der Waals surface area (Å²) in [5.41, 5.74) is 0. The SMILES string of the molecule is O=C(C=C(F)F)Oc1ccc2ccccc2c1. The number of halogens is 2. The van der Waals surface area contributed by atoms with E-state index in [9.17, 15) is 13.6 Å². The van der Waals surface area contributed by atoms with Gasteiger partial charge < -0.3 is 4.74 Å². The van der Waals surface area contributed by atoms with Crippen molar-refractivity contribution in [2.45, 2.75) is 0 Å². The summed E-state index contributed by atoms with van der Waals surface area (Å²) in [5, 5.41) is 1.86. The number of ether oxygens (including phenoxy) is 1. The van der Waals surface area contributed by atoms with E-state index in [1.165, 1.54) is 0 Å². The van der Waals surface area contributed by atoms with Crippen LogP contribution in [-0.4, -0.2) is 5.97 Å². The first-order chi connectivity index (χ1) is 8.15. The zero-order valence-corrected chi connectivity index (χ0v) is 8.69. The lowest BCUT2D eigenvalue weighted by Crippen LogP contribution is -2.03. The van der Waals surface area contributed by atoms with E-state index < -0.39 is 12.0 Å². The first-order valence-corrected chi connectivity index (χ1v) is 4.88. The molecule has 0 amide bonds. The molecule has 2 aromatic rings. The van der Waals surface area contributed by atoms with E-state index in [0.29, 0.717) is 0 Å². The molecule has 17 heavy (non-hydrogen) atoms. The molecule has 4 heteroatoms. The number of benzene rings is 2. The summed E-state index contributed by atoms with van der Waals surface area (Å²) in [5.74, 6) is -0.841. The maximum absolute atomic E-state index is 11.8. The standard InChI is InChI=1S/C13H8F2O2/c14-12(15)8-13(16)17-11-6-5-9-3-1-2-4-10(9)7-11/h1-8H. The smallest absolute Gasteiger partial charge is 0.341 e. The molecule has 0 fully saturated rings. The van der Waals surface area contributed by atoms with Gasteiger partial charge in [-0.2, -0.15) is 8.78 Å². The largest absolute Gasteiger partial charge is 0.423 e. The van der Waals surface area contributed by atoms with Crippen LogP contribution in [0.5, 0.6) is 5.75 Å². The molecule has 0 radical (unpaired) electrons. The molecule has 0 heterocycles. The fraction of sp³-hybridized carbons (Fsp3) is 0. The zero-order valence-electron chi connectivity index (χ0n) is 8.69. The molecule has 0 unspecified atom stereocenters. The van der Waals surface area contributed by atoms with Crippen molar-refractivity contribution < 1.29 is 18.3 Å². The highest BCUT2D eigenvalue weighted by atomic mass is 19.3. The summed E-state index contributed by atoms with van der Waals surface area (Å²) < 4.78 is 28.3. The lowest BCUT2D eigenvalue weighted by atomic mass is 10.1. The minimum absolute atomic E-state index is 0.148. The van der Waals surface area contributed by atoms with Gasteiger partial charge in [-0.25, -0.2) is 4.79 Å². The molecule has 2 rings (SSSR count). The van der Waals surface area contributed by atoms with Gasteiger partial charge in [0.15, 0.2) is 0 Å². The van der Waals surface area contributed by atoms with Gasteiger partial charge in [-0.1, -0.05) is 30.3 Å². The summed E-state index contributed by atoms with van der Waals surface area (Å²) in [6.07, 6.45) is -1.93. The predicted octanol–water partition coefficient (Wildman–Crippen LogP) is 3.53. The van der Waals surface area contributed by atoms with Crippen LogP contribution >= 0.6 is 0 Å². The quantitative estimate of drug-likeness (QED) is 0.451. The molecule has 0 aromatic heterocycles. The number of hydrogen-bond acceptors (Lipinski definition) is 2. The highest BCUT2D eigenvalue weighted by Gasteiger charge is 2.04. The predicted molar refractivity (Wildman–Crippen MR) is 59.9 cm³/mol. The Kier molecular flexibility index (Phi) is 3.14. The van der Waals surface area contributed by atoms with Gasteiger partial charge in [0.05, 0.1) is 6.08 Å². The zero-order chi connectivity index (χ0) is 12.3. The van der Waals surface area contributed by atoms with Crippen molar-refractivity contribution in [1.82, 2.24) is 0 Å². The van der Waals surface area contributed by atoms with E-state index in [-0.39, 0.29) is 11.8 Å². The molecule has 0 aliphatic rings. The van der Waals surface area contributed by atoms with Gasteiger partial charge in [-0.3, -0.25) is 0 Å². The Hall–Kier alpha value is -2.23. The molecule has 0 bridgehead atoms. The van der Waals surface area contributed by atoms with Crippen molar-refractivity contribution in [2.24, 2.45) is 0 Å². The molecule has 2 aromatic carbocycles. The molecule has 0 aliphatic heterocycles. The van der Waals surface area contributed by atoms with Crippen LogP contribution in [0.2, 0.25) is 0 Å². The minimum atomic E-state index is -2.07. The van der Waals surface area contributed by atoms with Crippen molar-refractivity contribution in [3.63, 3.8) is 0 Å². The van der Waals surface area contributed by atoms with Crippen LogP contribution in [0.25, 0.3) is 10.8 Å². The van der Waals surface area contributed by atoms with Gasteiger partial charge in [-0.05, 0) is 22.9 Å². The average molecular weight is 234 g/mol. The van der Waals surface area contributed by atoms with Crippen molar-refractivity contribution >= 4 is 16.7 Å². The fourth-order valence-electron chi connectivity index (χ4n) is 1.47. The lowest BCUT2D eigenvalue weighted by Gasteiger charge is -2.02. The third-order valence-corrected chi connectivity index (χ3v) is 2.17. The second-order valence-electron chi connectivity index (χ2n) is 3.36. The lowest BCUT2D eigenvalue weighted by molar-refractivity contribution is -0.129. The average Bonchev–Trinajstić information content (AvgIpc) is 2.27. The van der Waals surface area contributed by atoms with Crippen LogP contribution in [0.4, 0.5) is 8.78 Å². The molecule has 0 spiro atoms. The van der Waals surface area contributed by atoms with Crippen molar-refractivity contribution in [2.75, 3.05) is 0 Å². The fourth-order valence-corrected chi connectivity index (χ4v) is 1.47. The van der Waals surface area contributed by atoms with E-state index in [4.69, 9.17) is 4.74 Å². The van der Waals surface area contributed by atoms with Crippen molar-refractivity contribution in [1.29, 1.82) is 0 Å². The van der Waals surface area contributed by atoms with Crippen LogP contribution < -0.4 is 4.74 Å². The first-order valence-electron chi connectivity index (χ1n) is 4.88. The van der Waals surface area contributed by atoms with Gasteiger partial charge in [0.1, 0.15) is 5.75 Å². The summed E-state index contributed by atoms with van der Waals surface area (Å²) in [6.45, 7) is 0.